The minimum absolute atomic E-state index is 0.111. The summed E-state index contributed by atoms with van der Waals surface area (Å²) in [4.78, 5) is 35.6. The predicted octanol–water partition coefficient (Wildman–Crippen LogP) is 1.74. The standard InChI is InChI=1S/C13H10Cl2N2O3/c1-16-6-5-11(19)17(13(16)20)7-10(18)8-3-2-4-9(14)12(8)15/h2-6H,7H2,1H3. The first-order valence-electron chi connectivity index (χ1n) is 5.65. The minimum atomic E-state index is -0.566. The van der Waals surface area contributed by atoms with Crippen LogP contribution in [0, 0.1) is 0 Å². The zero-order valence-corrected chi connectivity index (χ0v) is 12.0. The summed E-state index contributed by atoms with van der Waals surface area (Å²) in [5.41, 5.74) is -0.930. The Balaban J connectivity index is 2.43. The summed E-state index contributed by atoms with van der Waals surface area (Å²) in [5.74, 6) is -0.456. The molecule has 2 aromatic rings. The summed E-state index contributed by atoms with van der Waals surface area (Å²) < 4.78 is 2.06. The molecular weight excluding hydrogens is 303 g/mol. The second-order valence-electron chi connectivity index (χ2n) is 4.16. The van der Waals surface area contributed by atoms with Crippen LogP contribution in [0.5, 0.6) is 0 Å². The zero-order chi connectivity index (χ0) is 14.9. The quantitative estimate of drug-likeness (QED) is 0.811. The first-order valence-corrected chi connectivity index (χ1v) is 6.41. The van der Waals surface area contributed by atoms with Crippen LogP contribution in [-0.2, 0) is 13.6 Å². The molecule has 0 spiro atoms. The predicted molar refractivity (Wildman–Crippen MR) is 76.7 cm³/mol. The van der Waals surface area contributed by atoms with Crippen molar-refractivity contribution in [2.45, 2.75) is 6.54 Å². The Kier molecular flexibility index (Phi) is 4.11. The Hall–Kier alpha value is -1.85. The molecule has 2 rings (SSSR count). The lowest BCUT2D eigenvalue weighted by molar-refractivity contribution is 0.0968. The van der Waals surface area contributed by atoms with Crippen LogP contribution in [0.15, 0.2) is 40.1 Å². The molecule has 0 aliphatic carbocycles. The third-order valence-electron chi connectivity index (χ3n) is 2.79. The van der Waals surface area contributed by atoms with Crippen LogP contribution in [0.3, 0.4) is 0 Å². The zero-order valence-electron chi connectivity index (χ0n) is 10.5. The van der Waals surface area contributed by atoms with E-state index in [-0.39, 0.29) is 22.2 Å². The van der Waals surface area contributed by atoms with Gasteiger partial charge in [0.05, 0.1) is 16.6 Å². The van der Waals surface area contributed by atoms with Gasteiger partial charge in [-0.1, -0.05) is 29.3 Å². The molecule has 0 fully saturated rings. The maximum absolute atomic E-state index is 12.2. The number of carbonyl (C=O) groups excluding carboxylic acids is 1. The third-order valence-corrected chi connectivity index (χ3v) is 3.61. The highest BCUT2D eigenvalue weighted by atomic mass is 35.5. The van der Waals surface area contributed by atoms with Gasteiger partial charge in [-0.2, -0.15) is 0 Å². The van der Waals surface area contributed by atoms with E-state index in [9.17, 15) is 14.4 Å². The normalized spacial score (nSPS) is 10.6. The number of benzene rings is 1. The van der Waals surface area contributed by atoms with Crippen LogP contribution in [0.4, 0.5) is 0 Å². The molecule has 5 nitrogen and oxygen atoms in total. The molecule has 0 bridgehead atoms. The van der Waals surface area contributed by atoms with Crippen LogP contribution in [-0.4, -0.2) is 14.9 Å². The van der Waals surface area contributed by atoms with Gasteiger partial charge in [0.25, 0.3) is 5.56 Å². The Morgan fingerprint density at radius 2 is 1.90 bits per heavy atom. The van der Waals surface area contributed by atoms with Crippen molar-refractivity contribution in [2.75, 3.05) is 0 Å². The fourth-order valence-electron chi connectivity index (χ4n) is 1.71. The first kappa shape index (κ1) is 14.6. The van der Waals surface area contributed by atoms with Crippen molar-refractivity contribution < 1.29 is 4.79 Å². The van der Waals surface area contributed by atoms with Gasteiger partial charge in [-0.15, -0.1) is 0 Å². The first-order chi connectivity index (χ1) is 9.41. The highest BCUT2D eigenvalue weighted by molar-refractivity contribution is 6.43. The van der Waals surface area contributed by atoms with Crippen LogP contribution < -0.4 is 11.2 Å². The highest BCUT2D eigenvalue weighted by Crippen LogP contribution is 2.25. The van der Waals surface area contributed by atoms with E-state index in [1.165, 1.54) is 29.9 Å². The lowest BCUT2D eigenvalue weighted by atomic mass is 10.1. The van der Waals surface area contributed by atoms with Crippen molar-refractivity contribution in [1.29, 1.82) is 0 Å². The van der Waals surface area contributed by atoms with Gasteiger partial charge in [-0.05, 0) is 12.1 Å². The van der Waals surface area contributed by atoms with Gasteiger partial charge >= 0.3 is 5.69 Å². The average Bonchev–Trinajstić information content (AvgIpc) is 2.42. The fourth-order valence-corrected chi connectivity index (χ4v) is 2.11. The molecule has 0 radical (unpaired) electrons. The highest BCUT2D eigenvalue weighted by Gasteiger charge is 2.15. The molecule has 104 valence electrons. The van der Waals surface area contributed by atoms with Crippen molar-refractivity contribution in [2.24, 2.45) is 7.05 Å². The number of aromatic nitrogens is 2. The van der Waals surface area contributed by atoms with E-state index in [2.05, 4.69) is 0 Å². The van der Waals surface area contributed by atoms with Gasteiger partial charge in [0, 0.05) is 24.9 Å². The Bertz CT molecular complexity index is 793. The van der Waals surface area contributed by atoms with E-state index >= 15 is 0 Å². The second-order valence-corrected chi connectivity index (χ2v) is 4.94. The number of ketones is 1. The number of rotatable bonds is 3. The van der Waals surface area contributed by atoms with Gasteiger partial charge in [-0.3, -0.25) is 14.2 Å². The van der Waals surface area contributed by atoms with Crippen molar-refractivity contribution in [1.82, 2.24) is 9.13 Å². The molecule has 1 aromatic heterocycles. The van der Waals surface area contributed by atoms with E-state index in [4.69, 9.17) is 23.2 Å². The van der Waals surface area contributed by atoms with Gasteiger partial charge in [-0.25, -0.2) is 4.79 Å². The summed E-state index contributed by atoms with van der Waals surface area (Å²) in [6, 6.07) is 5.84. The second kappa shape index (κ2) is 5.64. The summed E-state index contributed by atoms with van der Waals surface area (Å²) in [7, 11) is 1.50. The van der Waals surface area contributed by atoms with Crippen LogP contribution in [0.1, 0.15) is 10.4 Å². The fraction of sp³-hybridized carbons (Fsp3) is 0.154. The Labute approximate surface area is 124 Å². The van der Waals surface area contributed by atoms with E-state index < -0.39 is 17.0 Å². The monoisotopic (exact) mass is 312 g/mol. The molecule has 0 aliphatic rings. The van der Waals surface area contributed by atoms with Gasteiger partial charge in [0.2, 0.25) is 0 Å². The number of aryl methyl sites for hydroxylation is 1. The van der Waals surface area contributed by atoms with Crippen LogP contribution in [0.2, 0.25) is 10.0 Å². The SMILES string of the molecule is Cn1ccc(=O)n(CC(=O)c2cccc(Cl)c2Cl)c1=O. The smallest absolute Gasteiger partial charge is 0.303 e. The summed E-state index contributed by atoms with van der Waals surface area (Å²) in [5, 5.41) is 0.353. The van der Waals surface area contributed by atoms with Gasteiger partial charge in [0.1, 0.15) is 0 Å². The van der Waals surface area contributed by atoms with Crippen molar-refractivity contribution in [3.05, 3.63) is 66.9 Å². The Morgan fingerprint density at radius 1 is 1.20 bits per heavy atom. The molecule has 0 unspecified atom stereocenters. The van der Waals surface area contributed by atoms with Crippen molar-refractivity contribution >= 4 is 29.0 Å². The lowest BCUT2D eigenvalue weighted by Gasteiger charge is -2.07. The molecule has 0 aliphatic heterocycles. The van der Waals surface area contributed by atoms with E-state index in [0.29, 0.717) is 0 Å². The van der Waals surface area contributed by atoms with Crippen LogP contribution in [0.25, 0.3) is 0 Å². The molecule has 0 amide bonds. The summed E-state index contributed by atoms with van der Waals surface area (Å²) in [6.45, 7) is -0.383. The maximum Gasteiger partial charge on any atom is 0.331 e. The minimum Gasteiger partial charge on any atom is -0.303 e. The van der Waals surface area contributed by atoms with Gasteiger partial charge in [0.15, 0.2) is 5.78 Å². The largest absolute Gasteiger partial charge is 0.331 e. The van der Waals surface area contributed by atoms with Crippen molar-refractivity contribution in [3.63, 3.8) is 0 Å². The maximum atomic E-state index is 12.2. The molecule has 1 heterocycles. The van der Waals surface area contributed by atoms with Crippen molar-refractivity contribution in [3.8, 4) is 0 Å². The number of nitrogens with zero attached hydrogens (tertiary/aromatic N) is 2. The topological polar surface area (TPSA) is 61.1 Å². The molecule has 7 heteroatoms. The lowest BCUT2D eigenvalue weighted by Crippen LogP contribution is -2.39. The molecule has 0 N–H and O–H groups in total. The number of hydrogen-bond acceptors (Lipinski definition) is 3. The number of Topliss-reactive ketones (excluding diaryl/α,β-unsaturated/α-hetero) is 1. The third kappa shape index (κ3) is 2.69. The van der Waals surface area contributed by atoms with E-state index in [0.717, 1.165) is 4.57 Å². The average molecular weight is 313 g/mol. The van der Waals surface area contributed by atoms with Crippen LogP contribution >= 0.6 is 23.2 Å². The molecule has 0 saturated carbocycles. The number of carbonyl (C=O) groups is 1. The number of hydrogen-bond donors (Lipinski definition) is 0. The summed E-state index contributed by atoms with van der Waals surface area (Å²) >= 11 is 11.8. The van der Waals surface area contributed by atoms with Gasteiger partial charge < -0.3 is 4.57 Å². The molecular formula is C13H10Cl2N2O3. The molecule has 20 heavy (non-hydrogen) atoms. The molecule has 1 aromatic carbocycles. The molecule has 0 atom stereocenters. The molecule has 0 saturated heterocycles. The van der Waals surface area contributed by atoms with E-state index in [1.807, 2.05) is 0 Å². The Morgan fingerprint density at radius 3 is 2.60 bits per heavy atom. The summed E-state index contributed by atoms with van der Waals surface area (Å²) in [6.07, 6.45) is 1.35. The van der Waals surface area contributed by atoms with E-state index in [1.54, 1.807) is 12.1 Å². The number of halogens is 2.